The summed E-state index contributed by atoms with van der Waals surface area (Å²) < 4.78 is 25.8. The molecule has 10 heteroatoms. The minimum Gasteiger partial charge on any atom is -0.458 e. The van der Waals surface area contributed by atoms with Gasteiger partial charge >= 0.3 is 5.97 Å². The Morgan fingerprint density at radius 2 is 1.83 bits per heavy atom. The molecule has 0 amide bonds. The van der Waals surface area contributed by atoms with E-state index in [1.165, 1.54) is 6.92 Å². The van der Waals surface area contributed by atoms with Crippen molar-refractivity contribution in [2.24, 2.45) is 0 Å². The van der Waals surface area contributed by atoms with Crippen molar-refractivity contribution in [3.63, 3.8) is 0 Å². The number of nitrogens with zero attached hydrogens (tertiary/aromatic N) is 2. The van der Waals surface area contributed by atoms with Gasteiger partial charge in [0.1, 0.15) is 25.8 Å². The molecule has 1 heterocycles. The van der Waals surface area contributed by atoms with Gasteiger partial charge in [-0.3, -0.25) is 4.79 Å². The van der Waals surface area contributed by atoms with Gasteiger partial charge in [0.15, 0.2) is 0 Å². The molecule has 0 saturated carbocycles. The number of esters is 1. The summed E-state index contributed by atoms with van der Waals surface area (Å²) in [5.74, 6) is -0.601. The summed E-state index contributed by atoms with van der Waals surface area (Å²) in [6.07, 6.45) is -0.823. The molecule has 1 fully saturated rings. The van der Waals surface area contributed by atoms with Crippen LogP contribution < -0.4 is 0 Å². The second-order valence-electron chi connectivity index (χ2n) is 7.82. The van der Waals surface area contributed by atoms with Gasteiger partial charge in [0, 0.05) is 18.5 Å². The van der Waals surface area contributed by atoms with E-state index in [2.05, 4.69) is 10.7 Å². The highest BCUT2D eigenvalue weighted by molar-refractivity contribution is 7.44. The molecule has 1 aliphatic rings. The Labute approximate surface area is 182 Å². The number of ether oxygens (including phenoxy) is 2. The summed E-state index contributed by atoms with van der Waals surface area (Å²) in [4.78, 5) is 23.4. The van der Waals surface area contributed by atoms with Gasteiger partial charge in [-0.2, -0.15) is 5.26 Å². The van der Waals surface area contributed by atoms with Crippen LogP contribution in [0.25, 0.3) is 0 Å². The molecule has 0 spiro atoms. The molecule has 1 rings (SSSR count). The molecule has 5 atom stereocenters. The Morgan fingerprint density at radius 1 is 1.20 bits per heavy atom. The highest BCUT2D eigenvalue weighted by atomic mass is 31.2. The lowest BCUT2D eigenvalue weighted by Gasteiger charge is -2.38. The largest absolute Gasteiger partial charge is 0.458 e. The molecular weight excluding hydrogens is 406 g/mol. The maximum Gasteiger partial charge on any atom is 0.306 e. The van der Waals surface area contributed by atoms with E-state index >= 15 is 0 Å². The fourth-order valence-electron chi connectivity index (χ4n) is 3.23. The van der Waals surface area contributed by atoms with Gasteiger partial charge in [0.05, 0.1) is 37.6 Å². The predicted molar refractivity (Wildman–Crippen MR) is 115 cm³/mol. The lowest BCUT2D eigenvalue weighted by molar-refractivity contribution is -0.154. The average Bonchev–Trinajstić information content (AvgIpc) is 2.94. The standard InChI is InChI=1S/C20H34BN2O6P/c1-7-16-18(19(20(21)27-16)28-17(25)10-9-15(6)24)29-30(26-12-8-11-22)23(13(2)3)14(4)5/h13-14,16,18-20H,7-10,12H2,1-6H3/t16-,18?,19+,20-,30?/m1/s1. The maximum absolute atomic E-state index is 12.2. The van der Waals surface area contributed by atoms with Crippen molar-refractivity contribution in [2.45, 2.75) is 104 Å². The van der Waals surface area contributed by atoms with E-state index in [4.69, 9.17) is 31.6 Å². The molecule has 1 aliphatic heterocycles. The minimum atomic E-state index is -1.55. The van der Waals surface area contributed by atoms with E-state index in [1.807, 2.05) is 34.6 Å². The van der Waals surface area contributed by atoms with E-state index in [1.54, 1.807) is 0 Å². The molecule has 0 aromatic rings. The number of carbonyl (C=O) groups is 2. The second kappa shape index (κ2) is 13.4. The number of hydrogen-bond donors (Lipinski definition) is 0. The summed E-state index contributed by atoms with van der Waals surface area (Å²) in [5.41, 5.74) is 0. The molecule has 30 heavy (non-hydrogen) atoms. The Bertz CT molecular complexity index is 592. The first-order valence-corrected chi connectivity index (χ1v) is 11.6. The molecule has 0 bridgehead atoms. The first-order chi connectivity index (χ1) is 14.1. The van der Waals surface area contributed by atoms with Crippen LogP contribution in [0.3, 0.4) is 0 Å². The first-order valence-electron chi connectivity index (χ1n) is 10.5. The third-order valence-electron chi connectivity index (χ3n) is 4.57. The number of rotatable bonds is 13. The third-order valence-corrected chi connectivity index (χ3v) is 6.70. The second-order valence-corrected chi connectivity index (χ2v) is 9.23. The van der Waals surface area contributed by atoms with Crippen LogP contribution in [0, 0.1) is 11.3 Å². The lowest BCUT2D eigenvalue weighted by Crippen LogP contribution is -2.41. The SMILES string of the molecule is [B][C@@H]1O[C@H](CC)C(OP(OCCC#N)N(C(C)C)C(C)C)[C@@H]1OC(=O)CCC(C)=O. The van der Waals surface area contributed by atoms with Crippen LogP contribution in [0.5, 0.6) is 0 Å². The monoisotopic (exact) mass is 440 g/mol. The van der Waals surface area contributed by atoms with Gasteiger partial charge in [-0.1, -0.05) is 6.92 Å². The smallest absolute Gasteiger partial charge is 0.306 e. The Balaban J connectivity index is 3.02. The molecule has 0 aromatic heterocycles. The zero-order valence-corrected chi connectivity index (χ0v) is 19.8. The molecular formula is C20H34BN2O6P. The highest BCUT2D eigenvalue weighted by Crippen LogP contribution is 2.49. The third kappa shape index (κ3) is 8.24. The van der Waals surface area contributed by atoms with E-state index in [-0.39, 0.29) is 49.8 Å². The normalized spacial score (nSPS) is 24.9. The van der Waals surface area contributed by atoms with E-state index < -0.39 is 32.7 Å². The fraction of sp³-hybridized carbons (Fsp3) is 0.850. The van der Waals surface area contributed by atoms with Crippen LogP contribution in [0.15, 0.2) is 0 Å². The Kier molecular flexibility index (Phi) is 12.1. The van der Waals surface area contributed by atoms with Gasteiger partial charge in [-0.25, -0.2) is 4.67 Å². The average molecular weight is 440 g/mol. The minimum absolute atomic E-state index is 0.0143. The zero-order chi connectivity index (χ0) is 22.8. The summed E-state index contributed by atoms with van der Waals surface area (Å²) in [5, 5.41) is 8.87. The van der Waals surface area contributed by atoms with Crippen molar-refractivity contribution >= 4 is 28.1 Å². The van der Waals surface area contributed by atoms with Crippen molar-refractivity contribution in [2.75, 3.05) is 6.61 Å². The lowest BCUT2D eigenvalue weighted by atomic mass is 9.92. The van der Waals surface area contributed by atoms with E-state index in [0.717, 1.165) is 0 Å². The maximum atomic E-state index is 12.2. The van der Waals surface area contributed by atoms with Crippen molar-refractivity contribution in [1.82, 2.24) is 4.67 Å². The quantitative estimate of drug-likeness (QED) is 0.186. The molecule has 0 aromatic carbocycles. The Hall–Kier alpha value is -1.04. The zero-order valence-electron chi connectivity index (χ0n) is 18.9. The number of carbonyl (C=O) groups excluding carboxylic acids is 2. The molecule has 8 nitrogen and oxygen atoms in total. The highest BCUT2D eigenvalue weighted by Gasteiger charge is 2.47. The fourth-order valence-corrected chi connectivity index (χ4v) is 5.00. The van der Waals surface area contributed by atoms with Crippen LogP contribution in [0.2, 0.25) is 0 Å². The molecule has 2 unspecified atom stereocenters. The van der Waals surface area contributed by atoms with Gasteiger partial charge in [-0.15, -0.1) is 0 Å². The van der Waals surface area contributed by atoms with Gasteiger partial charge < -0.3 is 23.3 Å². The van der Waals surface area contributed by atoms with Crippen molar-refractivity contribution in [3.8, 4) is 6.07 Å². The molecule has 1 saturated heterocycles. The van der Waals surface area contributed by atoms with Crippen molar-refractivity contribution in [1.29, 1.82) is 5.26 Å². The first kappa shape index (κ1) is 27.0. The topological polar surface area (TPSA) is 98.1 Å². The summed E-state index contributed by atoms with van der Waals surface area (Å²) in [6, 6.07) is 1.50. The molecule has 168 valence electrons. The van der Waals surface area contributed by atoms with E-state index in [0.29, 0.717) is 6.42 Å². The molecule has 0 N–H and O–H groups in total. The summed E-state index contributed by atoms with van der Waals surface area (Å²) in [7, 11) is 4.55. The number of nitriles is 1. The van der Waals surface area contributed by atoms with Gasteiger partial charge in [0.25, 0.3) is 8.53 Å². The molecule has 2 radical (unpaired) electrons. The predicted octanol–water partition coefficient (Wildman–Crippen LogP) is 3.23. The number of Topliss-reactive ketones (excluding diaryl/α,β-unsaturated/α-hetero) is 1. The van der Waals surface area contributed by atoms with Crippen LogP contribution in [0.4, 0.5) is 0 Å². The number of hydrogen-bond acceptors (Lipinski definition) is 8. The number of ketones is 1. The van der Waals surface area contributed by atoms with Crippen molar-refractivity contribution < 1.29 is 28.1 Å². The van der Waals surface area contributed by atoms with Gasteiger partial charge in [0.2, 0.25) is 0 Å². The van der Waals surface area contributed by atoms with Crippen LogP contribution in [-0.4, -0.2) is 67.3 Å². The van der Waals surface area contributed by atoms with Gasteiger partial charge in [-0.05, 0) is 41.0 Å². The Morgan fingerprint density at radius 3 is 2.33 bits per heavy atom. The van der Waals surface area contributed by atoms with Crippen LogP contribution in [0.1, 0.15) is 67.2 Å². The van der Waals surface area contributed by atoms with Crippen molar-refractivity contribution in [3.05, 3.63) is 0 Å². The summed E-state index contributed by atoms with van der Waals surface area (Å²) >= 11 is 0. The summed E-state index contributed by atoms with van der Waals surface area (Å²) in [6.45, 7) is 11.8. The van der Waals surface area contributed by atoms with Crippen LogP contribution >= 0.6 is 8.53 Å². The molecule has 0 aliphatic carbocycles. The van der Waals surface area contributed by atoms with E-state index in [9.17, 15) is 9.59 Å². The van der Waals surface area contributed by atoms with Crippen LogP contribution in [-0.2, 0) is 28.1 Å².